The Morgan fingerprint density at radius 2 is 2.00 bits per heavy atom. The minimum Gasteiger partial charge on any atom is -0.369 e. The maximum atomic E-state index is 12.7. The molecule has 1 fully saturated rings. The number of nitrogens with one attached hydrogen (secondary N) is 1. The van der Waals surface area contributed by atoms with E-state index in [2.05, 4.69) is 14.9 Å². The normalized spacial score (nSPS) is 15.1. The Morgan fingerprint density at radius 3 is 2.76 bits per heavy atom. The van der Waals surface area contributed by atoms with Crippen LogP contribution in [0.5, 0.6) is 0 Å². The lowest BCUT2D eigenvalue weighted by molar-refractivity contribution is 0.0764. The van der Waals surface area contributed by atoms with Gasteiger partial charge in [-0.3, -0.25) is 19.6 Å². The lowest BCUT2D eigenvalue weighted by Crippen LogP contribution is -2.40. The summed E-state index contributed by atoms with van der Waals surface area (Å²) in [6.07, 6.45) is 5.70. The number of aryl methyl sites for hydroxylation is 2. The van der Waals surface area contributed by atoms with Crippen LogP contribution in [0, 0.1) is 6.92 Å². The summed E-state index contributed by atoms with van der Waals surface area (Å²) in [6.45, 7) is 4.61. The number of hydrogen-bond donors (Lipinski definition) is 1. The van der Waals surface area contributed by atoms with Gasteiger partial charge in [-0.15, -0.1) is 0 Å². The van der Waals surface area contributed by atoms with E-state index < -0.39 is 11.2 Å². The molecule has 8 nitrogen and oxygen atoms in total. The topological polar surface area (TPSA) is 91.3 Å². The molecular weight excluding hydrogens is 322 g/mol. The standard InChI is InChI=1S/C17H21N5O3/c1-12-10-18-5-4-14(12)21-6-3-7-22(9-8-21)16(24)13-11-20(2)17(25)19-15(13)23/h4-5,10-11H,3,6-9H2,1-2H3,(H,19,23,25). The number of aromatic nitrogens is 3. The lowest BCUT2D eigenvalue weighted by atomic mass is 10.2. The van der Waals surface area contributed by atoms with Crippen LogP contribution in [-0.4, -0.2) is 51.5 Å². The summed E-state index contributed by atoms with van der Waals surface area (Å²) in [5, 5.41) is 0. The molecule has 2 aromatic heterocycles. The van der Waals surface area contributed by atoms with Crippen molar-refractivity contribution in [2.24, 2.45) is 7.05 Å². The van der Waals surface area contributed by atoms with Crippen molar-refractivity contribution in [2.45, 2.75) is 13.3 Å². The van der Waals surface area contributed by atoms with E-state index in [4.69, 9.17) is 0 Å². The molecule has 3 heterocycles. The quantitative estimate of drug-likeness (QED) is 0.837. The molecule has 0 spiro atoms. The number of carbonyl (C=O) groups is 1. The van der Waals surface area contributed by atoms with Crippen molar-refractivity contribution in [3.63, 3.8) is 0 Å². The van der Waals surface area contributed by atoms with Gasteiger partial charge in [0.05, 0.1) is 0 Å². The summed E-state index contributed by atoms with van der Waals surface area (Å²) in [4.78, 5) is 46.3. The number of carbonyl (C=O) groups excluding carboxylic acids is 1. The van der Waals surface area contributed by atoms with E-state index in [1.807, 2.05) is 19.2 Å². The molecule has 0 saturated carbocycles. The van der Waals surface area contributed by atoms with E-state index in [9.17, 15) is 14.4 Å². The fraction of sp³-hybridized carbons (Fsp3) is 0.412. The first-order valence-electron chi connectivity index (χ1n) is 8.22. The highest BCUT2D eigenvalue weighted by molar-refractivity contribution is 5.93. The van der Waals surface area contributed by atoms with Crippen LogP contribution >= 0.6 is 0 Å². The molecule has 8 heteroatoms. The minimum atomic E-state index is -0.640. The Balaban J connectivity index is 1.78. The first-order chi connectivity index (χ1) is 12.0. The summed E-state index contributed by atoms with van der Waals surface area (Å²) < 4.78 is 1.21. The van der Waals surface area contributed by atoms with E-state index in [1.54, 1.807) is 11.1 Å². The third kappa shape index (κ3) is 3.47. The molecule has 0 aliphatic carbocycles. The Bertz CT molecular complexity index is 902. The van der Waals surface area contributed by atoms with Crippen LogP contribution in [-0.2, 0) is 7.05 Å². The zero-order chi connectivity index (χ0) is 18.0. The average Bonchev–Trinajstić information content (AvgIpc) is 2.84. The van der Waals surface area contributed by atoms with Crippen molar-refractivity contribution >= 4 is 11.6 Å². The number of rotatable bonds is 2. The highest BCUT2D eigenvalue weighted by Gasteiger charge is 2.23. The second-order valence-corrected chi connectivity index (χ2v) is 6.21. The lowest BCUT2D eigenvalue weighted by Gasteiger charge is -2.25. The van der Waals surface area contributed by atoms with Gasteiger partial charge >= 0.3 is 5.69 Å². The number of pyridine rings is 1. The largest absolute Gasteiger partial charge is 0.369 e. The van der Waals surface area contributed by atoms with Crippen LogP contribution in [0.15, 0.2) is 34.2 Å². The molecule has 0 aromatic carbocycles. The SMILES string of the molecule is Cc1cnccc1N1CCCN(C(=O)c2cn(C)c(=O)[nH]c2=O)CC1. The number of aromatic amines is 1. The summed E-state index contributed by atoms with van der Waals surface area (Å²) in [6, 6.07) is 1.98. The number of nitrogens with zero attached hydrogens (tertiary/aromatic N) is 4. The molecule has 2 aromatic rings. The number of H-pyrrole nitrogens is 1. The number of hydrogen-bond acceptors (Lipinski definition) is 5. The van der Waals surface area contributed by atoms with Crippen molar-refractivity contribution in [3.8, 4) is 0 Å². The molecule has 132 valence electrons. The predicted molar refractivity (Wildman–Crippen MR) is 94.0 cm³/mol. The van der Waals surface area contributed by atoms with E-state index >= 15 is 0 Å². The highest BCUT2D eigenvalue weighted by atomic mass is 16.2. The summed E-state index contributed by atoms with van der Waals surface area (Å²) in [5.74, 6) is -0.342. The van der Waals surface area contributed by atoms with Crippen LogP contribution < -0.4 is 16.1 Å². The molecular formula is C17H21N5O3. The molecule has 1 saturated heterocycles. The van der Waals surface area contributed by atoms with E-state index in [0.29, 0.717) is 19.6 Å². The van der Waals surface area contributed by atoms with Gasteiger partial charge in [-0.25, -0.2) is 4.79 Å². The minimum absolute atomic E-state index is 0.00404. The Hall–Kier alpha value is -2.90. The van der Waals surface area contributed by atoms with Crippen LogP contribution in [0.4, 0.5) is 5.69 Å². The number of anilines is 1. The fourth-order valence-corrected chi connectivity index (χ4v) is 3.07. The molecule has 3 rings (SSSR count). The maximum absolute atomic E-state index is 12.7. The van der Waals surface area contributed by atoms with E-state index in [0.717, 1.165) is 24.2 Å². The predicted octanol–water partition coefficient (Wildman–Crippen LogP) is 0.130. The Labute approximate surface area is 144 Å². The Kier molecular flexibility index (Phi) is 4.69. The summed E-state index contributed by atoms with van der Waals surface area (Å²) in [7, 11) is 1.51. The summed E-state index contributed by atoms with van der Waals surface area (Å²) in [5.41, 5.74) is 1.03. The van der Waals surface area contributed by atoms with Crippen molar-refractivity contribution in [3.05, 3.63) is 56.6 Å². The monoisotopic (exact) mass is 343 g/mol. The van der Waals surface area contributed by atoms with Crippen molar-refractivity contribution in [1.29, 1.82) is 0 Å². The van der Waals surface area contributed by atoms with Crippen LogP contribution in [0.3, 0.4) is 0 Å². The second-order valence-electron chi connectivity index (χ2n) is 6.21. The first kappa shape index (κ1) is 16.9. The molecule has 1 aliphatic rings. The van der Waals surface area contributed by atoms with Gasteiger partial charge < -0.3 is 14.4 Å². The van der Waals surface area contributed by atoms with Crippen LogP contribution in [0.1, 0.15) is 22.3 Å². The van der Waals surface area contributed by atoms with Gasteiger partial charge in [0, 0.05) is 57.5 Å². The molecule has 0 unspecified atom stereocenters. The van der Waals surface area contributed by atoms with Gasteiger partial charge in [0.15, 0.2) is 0 Å². The van der Waals surface area contributed by atoms with Crippen LogP contribution in [0.25, 0.3) is 0 Å². The van der Waals surface area contributed by atoms with E-state index in [-0.39, 0.29) is 11.5 Å². The Morgan fingerprint density at radius 1 is 1.20 bits per heavy atom. The molecule has 0 radical (unpaired) electrons. The second kappa shape index (κ2) is 6.92. The smallest absolute Gasteiger partial charge is 0.328 e. The zero-order valence-corrected chi connectivity index (χ0v) is 14.4. The molecule has 25 heavy (non-hydrogen) atoms. The van der Waals surface area contributed by atoms with Gasteiger partial charge in [-0.1, -0.05) is 0 Å². The third-order valence-corrected chi connectivity index (χ3v) is 4.45. The number of amides is 1. The van der Waals surface area contributed by atoms with Crippen LogP contribution in [0.2, 0.25) is 0 Å². The van der Waals surface area contributed by atoms with Crippen molar-refractivity contribution in [2.75, 3.05) is 31.1 Å². The molecule has 0 bridgehead atoms. The maximum Gasteiger partial charge on any atom is 0.328 e. The fourth-order valence-electron chi connectivity index (χ4n) is 3.07. The molecule has 1 aliphatic heterocycles. The van der Waals surface area contributed by atoms with Gasteiger partial charge in [0.1, 0.15) is 5.56 Å². The van der Waals surface area contributed by atoms with Crippen molar-refractivity contribution in [1.82, 2.24) is 19.4 Å². The summed E-state index contributed by atoms with van der Waals surface area (Å²) >= 11 is 0. The molecule has 0 atom stereocenters. The zero-order valence-electron chi connectivity index (χ0n) is 14.4. The first-order valence-corrected chi connectivity index (χ1v) is 8.22. The van der Waals surface area contributed by atoms with Gasteiger partial charge in [0.25, 0.3) is 11.5 Å². The molecule has 1 amide bonds. The molecule has 1 N–H and O–H groups in total. The van der Waals surface area contributed by atoms with Gasteiger partial charge in [-0.05, 0) is 25.0 Å². The third-order valence-electron chi connectivity index (χ3n) is 4.45. The average molecular weight is 343 g/mol. The van der Waals surface area contributed by atoms with Crippen molar-refractivity contribution < 1.29 is 4.79 Å². The van der Waals surface area contributed by atoms with Gasteiger partial charge in [0.2, 0.25) is 0 Å². The van der Waals surface area contributed by atoms with Gasteiger partial charge in [-0.2, -0.15) is 0 Å². The highest BCUT2D eigenvalue weighted by Crippen LogP contribution is 2.20. The van der Waals surface area contributed by atoms with E-state index in [1.165, 1.54) is 17.8 Å².